The summed E-state index contributed by atoms with van der Waals surface area (Å²) < 4.78 is 4.91. The number of rotatable bonds is 5. The van der Waals surface area contributed by atoms with E-state index >= 15 is 0 Å². The SMILES string of the molecule is CNNC(=O)CCCc1ccc2oc(=O)[nH]c2c1. The van der Waals surface area contributed by atoms with Crippen molar-refractivity contribution < 1.29 is 9.21 Å². The molecule has 0 saturated carbocycles. The number of hydrazine groups is 1. The van der Waals surface area contributed by atoms with Gasteiger partial charge in [0.05, 0.1) is 5.52 Å². The van der Waals surface area contributed by atoms with E-state index in [9.17, 15) is 9.59 Å². The first-order chi connectivity index (χ1) is 8.69. The molecule has 0 saturated heterocycles. The lowest BCUT2D eigenvalue weighted by Gasteiger charge is -2.03. The van der Waals surface area contributed by atoms with Crippen LogP contribution in [0.3, 0.4) is 0 Å². The third kappa shape index (κ3) is 2.98. The zero-order valence-electron chi connectivity index (χ0n) is 10.1. The summed E-state index contributed by atoms with van der Waals surface area (Å²) in [6, 6.07) is 5.53. The largest absolute Gasteiger partial charge is 0.417 e. The zero-order valence-corrected chi connectivity index (χ0v) is 10.1. The zero-order chi connectivity index (χ0) is 13.0. The van der Waals surface area contributed by atoms with Crippen molar-refractivity contribution in [2.75, 3.05) is 7.05 Å². The van der Waals surface area contributed by atoms with E-state index in [1.165, 1.54) is 0 Å². The van der Waals surface area contributed by atoms with Gasteiger partial charge >= 0.3 is 5.76 Å². The van der Waals surface area contributed by atoms with Crippen LogP contribution in [0.2, 0.25) is 0 Å². The van der Waals surface area contributed by atoms with Gasteiger partial charge < -0.3 is 4.42 Å². The first kappa shape index (κ1) is 12.4. The molecule has 1 aromatic heterocycles. The Morgan fingerprint density at radius 2 is 2.28 bits per heavy atom. The predicted octanol–water partition coefficient (Wildman–Crippen LogP) is 0.694. The highest BCUT2D eigenvalue weighted by Gasteiger charge is 2.03. The molecule has 18 heavy (non-hydrogen) atoms. The average Bonchev–Trinajstić information content (AvgIpc) is 2.69. The summed E-state index contributed by atoms with van der Waals surface area (Å²) in [4.78, 5) is 24.8. The van der Waals surface area contributed by atoms with E-state index in [1.807, 2.05) is 12.1 Å². The number of aryl methyl sites for hydroxylation is 1. The molecule has 1 aromatic carbocycles. The van der Waals surface area contributed by atoms with Crippen molar-refractivity contribution in [2.45, 2.75) is 19.3 Å². The number of benzene rings is 1. The van der Waals surface area contributed by atoms with Crippen molar-refractivity contribution in [2.24, 2.45) is 0 Å². The van der Waals surface area contributed by atoms with Gasteiger partial charge in [-0.1, -0.05) is 6.07 Å². The van der Waals surface area contributed by atoms with Crippen LogP contribution in [0.15, 0.2) is 27.4 Å². The molecule has 6 heteroatoms. The van der Waals surface area contributed by atoms with E-state index in [4.69, 9.17) is 4.42 Å². The smallest absolute Gasteiger partial charge is 0.408 e. The summed E-state index contributed by atoms with van der Waals surface area (Å²) >= 11 is 0. The molecule has 0 aliphatic carbocycles. The van der Waals surface area contributed by atoms with Crippen LogP contribution in [-0.2, 0) is 11.2 Å². The number of aromatic amines is 1. The minimum atomic E-state index is -0.449. The molecular formula is C12H15N3O3. The molecule has 3 N–H and O–H groups in total. The molecule has 0 aliphatic heterocycles. The second-order valence-corrected chi connectivity index (χ2v) is 4.00. The first-order valence-corrected chi connectivity index (χ1v) is 5.76. The number of amides is 1. The number of aromatic nitrogens is 1. The molecule has 0 atom stereocenters. The lowest BCUT2D eigenvalue weighted by Crippen LogP contribution is -2.33. The highest BCUT2D eigenvalue weighted by atomic mass is 16.4. The van der Waals surface area contributed by atoms with Crippen molar-refractivity contribution in [3.05, 3.63) is 34.3 Å². The summed E-state index contributed by atoms with van der Waals surface area (Å²) in [5.74, 6) is -0.481. The van der Waals surface area contributed by atoms with E-state index in [1.54, 1.807) is 13.1 Å². The quantitative estimate of drug-likeness (QED) is 0.680. The molecule has 0 aliphatic rings. The minimum Gasteiger partial charge on any atom is -0.408 e. The molecule has 1 amide bonds. The fourth-order valence-corrected chi connectivity index (χ4v) is 1.81. The third-order valence-corrected chi connectivity index (χ3v) is 2.62. The topological polar surface area (TPSA) is 87.1 Å². The Hall–Kier alpha value is -2.08. The van der Waals surface area contributed by atoms with Gasteiger partial charge in [-0.15, -0.1) is 0 Å². The molecule has 2 rings (SSSR count). The second kappa shape index (κ2) is 5.50. The predicted molar refractivity (Wildman–Crippen MR) is 67.0 cm³/mol. The van der Waals surface area contributed by atoms with E-state index in [0.717, 1.165) is 18.4 Å². The van der Waals surface area contributed by atoms with Crippen molar-refractivity contribution in [3.8, 4) is 0 Å². The van der Waals surface area contributed by atoms with Gasteiger partial charge in [-0.3, -0.25) is 15.2 Å². The second-order valence-electron chi connectivity index (χ2n) is 4.00. The fraction of sp³-hybridized carbons (Fsp3) is 0.333. The number of carbonyl (C=O) groups excluding carboxylic acids is 1. The van der Waals surface area contributed by atoms with Crippen LogP contribution in [0.4, 0.5) is 0 Å². The standard InChI is InChI=1S/C12H15N3O3/c1-13-15-11(16)4-2-3-8-5-6-10-9(7-8)14-12(17)18-10/h5-7,13H,2-4H2,1H3,(H,14,17)(H,15,16). The molecule has 1 heterocycles. The average molecular weight is 249 g/mol. The van der Waals surface area contributed by atoms with E-state index in [-0.39, 0.29) is 5.91 Å². The molecule has 0 spiro atoms. The lowest BCUT2D eigenvalue weighted by atomic mass is 10.1. The van der Waals surface area contributed by atoms with Crippen LogP contribution >= 0.6 is 0 Å². The monoisotopic (exact) mass is 249 g/mol. The minimum absolute atomic E-state index is 0.0321. The van der Waals surface area contributed by atoms with Crippen LogP contribution in [0.25, 0.3) is 11.1 Å². The Morgan fingerprint density at radius 1 is 1.44 bits per heavy atom. The maximum Gasteiger partial charge on any atom is 0.417 e. The Labute approximate surface area is 103 Å². The van der Waals surface area contributed by atoms with Gasteiger partial charge in [0.2, 0.25) is 5.91 Å². The molecule has 0 fully saturated rings. The number of hydrogen-bond donors (Lipinski definition) is 3. The van der Waals surface area contributed by atoms with Crippen molar-refractivity contribution in [3.63, 3.8) is 0 Å². The van der Waals surface area contributed by atoms with Gasteiger partial charge in [0.15, 0.2) is 5.58 Å². The number of oxazole rings is 1. The van der Waals surface area contributed by atoms with Crippen molar-refractivity contribution >= 4 is 17.0 Å². The lowest BCUT2D eigenvalue weighted by molar-refractivity contribution is -0.122. The van der Waals surface area contributed by atoms with Gasteiger partial charge in [0.1, 0.15) is 0 Å². The number of nitrogens with one attached hydrogen (secondary N) is 3. The van der Waals surface area contributed by atoms with E-state index in [0.29, 0.717) is 17.5 Å². The van der Waals surface area contributed by atoms with E-state index < -0.39 is 5.76 Å². The Morgan fingerprint density at radius 3 is 3.06 bits per heavy atom. The van der Waals surface area contributed by atoms with Crippen LogP contribution in [-0.4, -0.2) is 17.9 Å². The highest BCUT2D eigenvalue weighted by Crippen LogP contribution is 2.14. The summed E-state index contributed by atoms with van der Waals surface area (Å²) in [7, 11) is 1.65. The maximum absolute atomic E-state index is 11.2. The molecule has 2 aromatic rings. The van der Waals surface area contributed by atoms with Crippen LogP contribution in [0.5, 0.6) is 0 Å². The molecule has 0 unspecified atom stereocenters. The van der Waals surface area contributed by atoms with Crippen LogP contribution in [0, 0.1) is 0 Å². The third-order valence-electron chi connectivity index (χ3n) is 2.62. The fourth-order valence-electron chi connectivity index (χ4n) is 1.81. The summed E-state index contributed by atoms with van der Waals surface area (Å²) in [5, 5.41) is 0. The Balaban J connectivity index is 1.95. The van der Waals surface area contributed by atoms with Gasteiger partial charge in [-0.2, -0.15) is 0 Å². The first-order valence-electron chi connectivity index (χ1n) is 5.76. The Bertz CT molecular complexity index is 600. The van der Waals surface area contributed by atoms with Gasteiger partial charge in [-0.05, 0) is 30.5 Å². The highest BCUT2D eigenvalue weighted by molar-refractivity contribution is 5.75. The molecule has 96 valence electrons. The van der Waals surface area contributed by atoms with Crippen LogP contribution < -0.4 is 16.6 Å². The summed E-state index contributed by atoms with van der Waals surface area (Å²) in [5.41, 5.74) is 7.42. The molecule has 0 bridgehead atoms. The summed E-state index contributed by atoms with van der Waals surface area (Å²) in [6.45, 7) is 0. The van der Waals surface area contributed by atoms with E-state index in [2.05, 4.69) is 15.8 Å². The molecule has 6 nitrogen and oxygen atoms in total. The summed E-state index contributed by atoms with van der Waals surface area (Å²) in [6.07, 6.45) is 1.99. The van der Waals surface area contributed by atoms with Gasteiger partial charge in [0.25, 0.3) is 0 Å². The van der Waals surface area contributed by atoms with Crippen molar-refractivity contribution in [1.29, 1.82) is 0 Å². The normalized spacial score (nSPS) is 10.7. The van der Waals surface area contributed by atoms with Crippen molar-refractivity contribution in [1.82, 2.24) is 15.8 Å². The van der Waals surface area contributed by atoms with Gasteiger partial charge in [-0.25, -0.2) is 10.2 Å². The molecular weight excluding hydrogens is 234 g/mol. The number of H-pyrrole nitrogens is 1. The Kier molecular flexibility index (Phi) is 3.78. The van der Waals surface area contributed by atoms with Crippen LogP contribution in [0.1, 0.15) is 18.4 Å². The number of fused-ring (bicyclic) bond motifs is 1. The van der Waals surface area contributed by atoms with Gasteiger partial charge in [0, 0.05) is 13.5 Å². The maximum atomic E-state index is 11.2. The molecule has 0 radical (unpaired) electrons. The number of carbonyl (C=O) groups is 1. The number of hydrogen-bond acceptors (Lipinski definition) is 4.